The Balaban J connectivity index is 1.57. The Kier molecular flexibility index (Phi) is 6.83. The van der Waals surface area contributed by atoms with E-state index in [9.17, 15) is 4.79 Å². The number of hydrogen-bond acceptors (Lipinski definition) is 4. The first-order valence-electron chi connectivity index (χ1n) is 11.0. The van der Waals surface area contributed by atoms with Crippen LogP contribution in [0.1, 0.15) is 46.5 Å². The molecule has 0 radical (unpaired) electrons. The van der Waals surface area contributed by atoms with Gasteiger partial charge in [-0.15, -0.1) is 0 Å². The number of carbonyl (C=O) groups excluding carboxylic acids is 1. The van der Waals surface area contributed by atoms with Crippen LogP contribution in [0.2, 0.25) is 5.04 Å². The van der Waals surface area contributed by atoms with Gasteiger partial charge in [0.2, 0.25) is 0 Å². The molecular formula is C25H32O2S2Si. The molecule has 160 valence electrons. The summed E-state index contributed by atoms with van der Waals surface area (Å²) in [4.78, 5) is 11.7. The molecule has 0 spiro atoms. The molecule has 2 saturated heterocycles. The number of rotatable bonds is 6. The molecule has 5 heteroatoms. The highest BCUT2D eigenvalue weighted by atomic mass is 32.2. The summed E-state index contributed by atoms with van der Waals surface area (Å²) in [6.45, 7) is 7.81. The number of hydrogen-bond donors (Lipinski definition) is 0. The van der Waals surface area contributed by atoms with Gasteiger partial charge in [0.05, 0.1) is 0 Å². The lowest BCUT2D eigenvalue weighted by Crippen LogP contribution is -2.67. The van der Waals surface area contributed by atoms with E-state index < -0.39 is 8.32 Å². The first kappa shape index (κ1) is 22.2. The molecule has 0 N–H and O–H groups in total. The zero-order valence-electron chi connectivity index (χ0n) is 18.2. The summed E-state index contributed by atoms with van der Waals surface area (Å²) in [7, 11) is -2.45. The fraction of sp³-hybridized carbons (Fsp3) is 0.480. The molecule has 30 heavy (non-hydrogen) atoms. The molecule has 0 saturated carbocycles. The Bertz CT molecular complexity index is 811. The van der Waals surface area contributed by atoms with Crippen molar-refractivity contribution in [2.75, 3.05) is 6.61 Å². The smallest absolute Gasteiger partial charge is 0.261 e. The summed E-state index contributed by atoms with van der Waals surface area (Å²) in [6.07, 6.45) is 4.22. The maximum atomic E-state index is 11.7. The summed E-state index contributed by atoms with van der Waals surface area (Å²) in [6, 6.07) is 21.8. The Morgan fingerprint density at radius 1 is 0.900 bits per heavy atom. The zero-order chi connectivity index (χ0) is 21.2. The maximum absolute atomic E-state index is 11.7. The Morgan fingerprint density at radius 2 is 1.50 bits per heavy atom. The Labute approximate surface area is 190 Å². The molecular weight excluding hydrogens is 424 g/mol. The van der Waals surface area contributed by atoms with Crippen LogP contribution >= 0.6 is 23.5 Å². The van der Waals surface area contributed by atoms with E-state index in [0.717, 1.165) is 19.4 Å². The van der Waals surface area contributed by atoms with Crippen LogP contribution < -0.4 is 10.4 Å². The van der Waals surface area contributed by atoms with Crippen LogP contribution in [0.5, 0.6) is 0 Å². The monoisotopic (exact) mass is 456 g/mol. The molecule has 4 rings (SSSR count). The molecule has 2 aliphatic rings. The minimum atomic E-state index is -2.45. The second-order valence-corrected chi connectivity index (χ2v) is 16.6. The van der Waals surface area contributed by atoms with E-state index in [1.807, 2.05) is 0 Å². The number of benzene rings is 2. The molecule has 2 heterocycles. The van der Waals surface area contributed by atoms with Gasteiger partial charge in [0.15, 0.2) is 5.12 Å². The van der Waals surface area contributed by atoms with Crippen LogP contribution in [0.25, 0.3) is 0 Å². The van der Waals surface area contributed by atoms with Gasteiger partial charge in [-0.25, -0.2) is 0 Å². The molecule has 2 fully saturated rings. The molecule has 2 aliphatic heterocycles. The Morgan fingerprint density at radius 3 is 2.00 bits per heavy atom. The third-order valence-electron chi connectivity index (χ3n) is 6.37. The van der Waals surface area contributed by atoms with Crippen LogP contribution in [-0.2, 0) is 9.22 Å². The summed E-state index contributed by atoms with van der Waals surface area (Å²) in [5, 5.41) is 4.74. The molecule has 0 aliphatic carbocycles. The van der Waals surface area contributed by atoms with Gasteiger partial charge in [0.1, 0.15) is 0 Å². The molecule has 0 amide bonds. The van der Waals surface area contributed by atoms with Crippen molar-refractivity contribution in [3.05, 3.63) is 60.7 Å². The summed E-state index contributed by atoms with van der Waals surface area (Å²) >= 11 is 3.67. The fourth-order valence-electron chi connectivity index (χ4n) is 4.92. The average Bonchev–Trinajstić information content (AvgIpc) is 3.38. The largest absolute Gasteiger partial charge is 0.406 e. The second kappa shape index (κ2) is 9.23. The molecule has 0 aromatic heterocycles. The van der Waals surface area contributed by atoms with Gasteiger partial charge in [-0.05, 0) is 34.7 Å². The molecule has 0 unspecified atom stereocenters. The zero-order valence-corrected chi connectivity index (χ0v) is 20.8. The second-order valence-electron chi connectivity index (χ2n) is 9.42. The first-order chi connectivity index (χ1) is 14.4. The van der Waals surface area contributed by atoms with E-state index in [4.69, 9.17) is 4.43 Å². The molecule has 0 bridgehead atoms. The standard InChI is InChI=1S/C25H32O2S2Si/c1-25(2,3)30(20-10-6-4-7-11-20,21-12-8-5-9-13-21)27-18-19-14-15-22(28-19)23-16-17-24(26)29-23/h4-13,19,22-23H,14-18H2,1-3H3/t19-,22-,23-/m0/s1. The third kappa shape index (κ3) is 4.45. The van der Waals surface area contributed by atoms with Crippen LogP contribution in [0.15, 0.2) is 60.7 Å². The average molecular weight is 457 g/mol. The van der Waals surface area contributed by atoms with E-state index in [2.05, 4.69) is 93.2 Å². The molecule has 2 aromatic carbocycles. The lowest BCUT2D eigenvalue weighted by molar-refractivity contribution is -0.110. The van der Waals surface area contributed by atoms with Gasteiger partial charge in [-0.1, -0.05) is 93.2 Å². The highest BCUT2D eigenvalue weighted by Gasteiger charge is 2.50. The predicted octanol–water partition coefficient (Wildman–Crippen LogP) is 5.25. The first-order valence-corrected chi connectivity index (χ1v) is 14.7. The predicted molar refractivity (Wildman–Crippen MR) is 134 cm³/mol. The normalized spacial score (nSPS) is 25.0. The minimum Gasteiger partial charge on any atom is -0.406 e. The van der Waals surface area contributed by atoms with Crippen molar-refractivity contribution < 1.29 is 9.22 Å². The topological polar surface area (TPSA) is 26.3 Å². The molecule has 2 aromatic rings. The van der Waals surface area contributed by atoms with Crippen LogP contribution in [0.4, 0.5) is 0 Å². The van der Waals surface area contributed by atoms with Gasteiger partial charge >= 0.3 is 0 Å². The van der Waals surface area contributed by atoms with E-state index in [0.29, 0.717) is 20.9 Å². The SMILES string of the molecule is CC(C)(C)[Si](OC[C@@H]1CC[C@@H]([C@@H]2CCC(=O)S2)S1)(c1ccccc1)c1ccccc1. The summed E-state index contributed by atoms with van der Waals surface area (Å²) in [5.41, 5.74) is 0. The summed E-state index contributed by atoms with van der Waals surface area (Å²) < 4.78 is 7.13. The van der Waals surface area contributed by atoms with Crippen molar-refractivity contribution >= 4 is 47.3 Å². The van der Waals surface area contributed by atoms with Crippen molar-refractivity contribution in [1.29, 1.82) is 0 Å². The van der Waals surface area contributed by atoms with Crippen molar-refractivity contribution in [3.8, 4) is 0 Å². The van der Waals surface area contributed by atoms with E-state index in [-0.39, 0.29) is 5.04 Å². The summed E-state index contributed by atoms with van der Waals surface area (Å²) in [5.74, 6) is 0. The number of carbonyl (C=O) groups is 1. The third-order valence-corrected chi connectivity index (χ3v) is 14.6. The Hall–Kier alpha value is -1.01. The van der Waals surface area contributed by atoms with Gasteiger partial charge in [0.25, 0.3) is 8.32 Å². The lowest BCUT2D eigenvalue weighted by Gasteiger charge is -2.43. The van der Waals surface area contributed by atoms with Crippen molar-refractivity contribution in [3.63, 3.8) is 0 Å². The van der Waals surface area contributed by atoms with Crippen LogP contribution in [-0.4, -0.2) is 35.8 Å². The quantitative estimate of drug-likeness (QED) is 0.555. The van der Waals surface area contributed by atoms with E-state index in [1.165, 1.54) is 23.2 Å². The van der Waals surface area contributed by atoms with Gasteiger partial charge in [-0.2, -0.15) is 11.8 Å². The highest BCUT2D eigenvalue weighted by Crippen LogP contribution is 2.45. The van der Waals surface area contributed by atoms with Gasteiger partial charge in [-0.3, -0.25) is 4.79 Å². The maximum Gasteiger partial charge on any atom is 0.261 e. The van der Waals surface area contributed by atoms with E-state index in [1.54, 1.807) is 11.8 Å². The fourth-order valence-corrected chi connectivity index (χ4v) is 12.6. The minimum absolute atomic E-state index is 0.0199. The molecule has 2 nitrogen and oxygen atoms in total. The van der Waals surface area contributed by atoms with Gasteiger partial charge in [0, 0.05) is 28.8 Å². The lowest BCUT2D eigenvalue weighted by atomic mass is 10.1. The highest BCUT2D eigenvalue weighted by molar-refractivity contribution is 8.15. The van der Waals surface area contributed by atoms with Crippen LogP contribution in [0, 0.1) is 0 Å². The molecule has 3 atom stereocenters. The van der Waals surface area contributed by atoms with Crippen molar-refractivity contribution in [1.82, 2.24) is 0 Å². The van der Waals surface area contributed by atoms with E-state index >= 15 is 0 Å². The van der Waals surface area contributed by atoms with Crippen molar-refractivity contribution in [2.45, 2.75) is 67.2 Å². The number of thioether (sulfide) groups is 2. The van der Waals surface area contributed by atoms with Gasteiger partial charge < -0.3 is 4.43 Å². The van der Waals surface area contributed by atoms with Crippen LogP contribution in [0.3, 0.4) is 0 Å². The van der Waals surface area contributed by atoms with Crippen molar-refractivity contribution in [2.24, 2.45) is 0 Å².